The van der Waals surface area contributed by atoms with Gasteiger partial charge in [0.15, 0.2) is 0 Å². The van der Waals surface area contributed by atoms with Crippen LogP contribution in [0.5, 0.6) is 5.75 Å². The summed E-state index contributed by atoms with van der Waals surface area (Å²) in [5, 5.41) is 8.91. The molecule has 0 aliphatic carbocycles. The van der Waals surface area contributed by atoms with Crippen molar-refractivity contribution < 1.29 is 14.6 Å². The Morgan fingerprint density at radius 2 is 2.06 bits per heavy atom. The van der Waals surface area contributed by atoms with Crippen LogP contribution in [-0.2, 0) is 4.79 Å². The minimum absolute atomic E-state index is 0.0221. The van der Waals surface area contributed by atoms with Crippen molar-refractivity contribution in [2.45, 2.75) is 26.8 Å². The Balaban J connectivity index is 2.93. The lowest BCUT2D eigenvalue weighted by Gasteiger charge is -2.27. The minimum Gasteiger partial charge on any atom is -0.494 e. The highest BCUT2D eigenvalue weighted by molar-refractivity contribution is 5.69. The monoisotopic (exact) mass is 251 g/mol. The quantitative estimate of drug-likeness (QED) is 0.809. The van der Waals surface area contributed by atoms with Gasteiger partial charge in [0.1, 0.15) is 5.75 Å². The van der Waals surface area contributed by atoms with Crippen LogP contribution < -0.4 is 4.74 Å². The van der Waals surface area contributed by atoms with Crippen molar-refractivity contribution in [3.8, 4) is 5.75 Å². The summed E-state index contributed by atoms with van der Waals surface area (Å²) in [6.45, 7) is 7.24. The van der Waals surface area contributed by atoms with Gasteiger partial charge in [-0.3, -0.25) is 9.69 Å². The summed E-state index contributed by atoms with van der Waals surface area (Å²) in [6, 6.07) is 7.80. The Hall–Kier alpha value is -1.55. The van der Waals surface area contributed by atoms with E-state index in [-0.39, 0.29) is 12.6 Å². The first-order valence-corrected chi connectivity index (χ1v) is 6.27. The van der Waals surface area contributed by atoms with E-state index in [9.17, 15) is 4.79 Å². The molecule has 0 heterocycles. The van der Waals surface area contributed by atoms with Crippen LogP contribution in [0.15, 0.2) is 24.3 Å². The van der Waals surface area contributed by atoms with E-state index in [0.717, 1.165) is 11.3 Å². The van der Waals surface area contributed by atoms with Crippen molar-refractivity contribution in [1.29, 1.82) is 0 Å². The molecule has 1 N–H and O–H groups in total. The molecule has 1 unspecified atom stereocenters. The third-order valence-electron chi connectivity index (χ3n) is 2.96. The number of benzene rings is 1. The van der Waals surface area contributed by atoms with Crippen LogP contribution >= 0.6 is 0 Å². The third kappa shape index (κ3) is 3.74. The maximum Gasteiger partial charge on any atom is 0.317 e. The lowest BCUT2D eigenvalue weighted by atomic mass is 10.1. The van der Waals surface area contributed by atoms with Crippen molar-refractivity contribution >= 4 is 5.97 Å². The molecule has 1 aromatic rings. The molecule has 0 aliphatic heterocycles. The van der Waals surface area contributed by atoms with Gasteiger partial charge < -0.3 is 9.84 Å². The van der Waals surface area contributed by atoms with E-state index in [4.69, 9.17) is 9.84 Å². The second-order valence-corrected chi connectivity index (χ2v) is 4.10. The van der Waals surface area contributed by atoms with Crippen LogP contribution in [0.25, 0.3) is 0 Å². The van der Waals surface area contributed by atoms with Gasteiger partial charge in [-0.25, -0.2) is 0 Å². The van der Waals surface area contributed by atoms with Gasteiger partial charge in [0.05, 0.1) is 13.2 Å². The number of carboxylic acid groups (broad SMARTS) is 1. The molecule has 0 aliphatic rings. The third-order valence-corrected chi connectivity index (χ3v) is 2.96. The molecule has 18 heavy (non-hydrogen) atoms. The van der Waals surface area contributed by atoms with Gasteiger partial charge in [0.2, 0.25) is 0 Å². The van der Waals surface area contributed by atoms with Crippen LogP contribution in [0, 0.1) is 0 Å². The highest BCUT2D eigenvalue weighted by Crippen LogP contribution is 2.28. The summed E-state index contributed by atoms with van der Waals surface area (Å²) < 4.78 is 5.58. The Labute approximate surface area is 108 Å². The molecule has 0 saturated carbocycles. The predicted molar refractivity (Wildman–Crippen MR) is 70.9 cm³/mol. The maximum absolute atomic E-state index is 10.8. The number of carbonyl (C=O) groups is 1. The summed E-state index contributed by atoms with van der Waals surface area (Å²) in [5.41, 5.74) is 1.03. The molecule has 0 bridgehead atoms. The fraction of sp³-hybridized carbons (Fsp3) is 0.500. The molecule has 1 aromatic carbocycles. The maximum atomic E-state index is 10.8. The number of hydrogen-bond donors (Lipinski definition) is 1. The normalized spacial score (nSPS) is 12.4. The summed E-state index contributed by atoms with van der Waals surface area (Å²) in [4.78, 5) is 12.7. The Morgan fingerprint density at radius 1 is 1.39 bits per heavy atom. The number of carboxylic acids is 1. The van der Waals surface area contributed by atoms with Crippen molar-refractivity contribution in [3.05, 3.63) is 29.8 Å². The van der Waals surface area contributed by atoms with Crippen LogP contribution in [0.3, 0.4) is 0 Å². The zero-order valence-corrected chi connectivity index (χ0v) is 11.2. The first-order valence-electron chi connectivity index (χ1n) is 6.27. The van der Waals surface area contributed by atoms with Gasteiger partial charge in [0.25, 0.3) is 0 Å². The smallest absolute Gasteiger partial charge is 0.317 e. The number of para-hydroxylation sites is 1. The lowest BCUT2D eigenvalue weighted by molar-refractivity contribution is -0.138. The molecular weight excluding hydrogens is 230 g/mol. The molecular formula is C14H21NO3. The van der Waals surface area contributed by atoms with Gasteiger partial charge in [-0.1, -0.05) is 25.1 Å². The first-order chi connectivity index (χ1) is 8.60. The molecule has 0 spiro atoms. The molecule has 0 radical (unpaired) electrons. The van der Waals surface area contributed by atoms with Gasteiger partial charge in [-0.15, -0.1) is 0 Å². The van der Waals surface area contributed by atoms with Crippen molar-refractivity contribution in [3.63, 3.8) is 0 Å². The summed E-state index contributed by atoms with van der Waals surface area (Å²) in [7, 11) is 0. The second kappa shape index (κ2) is 7.01. The standard InChI is InChI=1S/C14H21NO3/c1-4-15(10-14(16)17)11(3)12-8-6-7-9-13(12)18-5-2/h6-9,11H,4-5,10H2,1-3H3,(H,16,17). The second-order valence-electron chi connectivity index (χ2n) is 4.10. The largest absolute Gasteiger partial charge is 0.494 e. The van der Waals surface area contributed by atoms with Crippen LogP contribution in [0.4, 0.5) is 0 Å². The Morgan fingerprint density at radius 3 is 2.61 bits per heavy atom. The summed E-state index contributed by atoms with van der Waals surface area (Å²) in [6.07, 6.45) is 0. The molecule has 0 amide bonds. The molecule has 100 valence electrons. The topological polar surface area (TPSA) is 49.8 Å². The average Bonchev–Trinajstić information content (AvgIpc) is 2.36. The van der Waals surface area contributed by atoms with Gasteiger partial charge in [0, 0.05) is 11.6 Å². The molecule has 0 aromatic heterocycles. The molecule has 4 nitrogen and oxygen atoms in total. The predicted octanol–water partition coefficient (Wildman–Crippen LogP) is 2.55. The van der Waals surface area contributed by atoms with Gasteiger partial charge in [-0.05, 0) is 26.5 Å². The first kappa shape index (κ1) is 14.5. The Kier molecular flexibility index (Phi) is 5.65. The van der Waals surface area contributed by atoms with Crippen LogP contribution in [-0.4, -0.2) is 35.7 Å². The fourth-order valence-corrected chi connectivity index (χ4v) is 2.01. The molecule has 4 heteroatoms. The number of likely N-dealkylation sites (N-methyl/N-ethyl adjacent to an activating group) is 1. The van der Waals surface area contributed by atoms with E-state index in [0.29, 0.717) is 13.2 Å². The van der Waals surface area contributed by atoms with Gasteiger partial charge >= 0.3 is 5.97 Å². The van der Waals surface area contributed by atoms with Crippen molar-refractivity contribution in [1.82, 2.24) is 4.90 Å². The minimum atomic E-state index is -0.808. The van der Waals surface area contributed by atoms with Crippen molar-refractivity contribution in [2.24, 2.45) is 0 Å². The van der Waals surface area contributed by atoms with E-state index < -0.39 is 5.97 Å². The number of aliphatic carboxylic acids is 1. The summed E-state index contributed by atoms with van der Waals surface area (Å²) in [5.74, 6) is 0.0222. The molecule has 0 saturated heterocycles. The van der Waals surface area contributed by atoms with E-state index in [1.807, 2.05) is 49.9 Å². The fourth-order valence-electron chi connectivity index (χ4n) is 2.01. The SMILES string of the molecule is CCOc1ccccc1C(C)N(CC)CC(=O)O. The van der Waals surface area contributed by atoms with Crippen LogP contribution in [0.1, 0.15) is 32.4 Å². The zero-order chi connectivity index (χ0) is 13.5. The Bertz CT molecular complexity index is 392. The van der Waals surface area contributed by atoms with Crippen molar-refractivity contribution in [2.75, 3.05) is 19.7 Å². The summed E-state index contributed by atoms with van der Waals surface area (Å²) >= 11 is 0. The molecule has 1 rings (SSSR count). The van der Waals surface area contributed by atoms with E-state index >= 15 is 0 Å². The van der Waals surface area contributed by atoms with E-state index in [1.165, 1.54) is 0 Å². The number of nitrogens with zero attached hydrogens (tertiary/aromatic N) is 1. The van der Waals surface area contributed by atoms with Gasteiger partial charge in [-0.2, -0.15) is 0 Å². The number of rotatable bonds is 7. The molecule has 1 atom stereocenters. The van der Waals surface area contributed by atoms with Crippen LogP contribution in [0.2, 0.25) is 0 Å². The highest BCUT2D eigenvalue weighted by Gasteiger charge is 2.19. The average molecular weight is 251 g/mol. The number of ether oxygens (including phenoxy) is 1. The highest BCUT2D eigenvalue weighted by atomic mass is 16.5. The number of hydrogen-bond acceptors (Lipinski definition) is 3. The molecule has 0 fully saturated rings. The van der Waals surface area contributed by atoms with E-state index in [1.54, 1.807) is 0 Å². The lowest BCUT2D eigenvalue weighted by Crippen LogP contribution is -2.32. The van der Waals surface area contributed by atoms with E-state index in [2.05, 4.69) is 0 Å². The zero-order valence-electron chi connectivity index (χ0n) is 11.2.